The number of benzene rings is 7. The van der Waals surface area contributed by atoms with E-state index >= 15 is 0 Å². The minimum atomic E-state index is 0.875. The van der Waals surface area contributed by atoms with Gasteiger partial charge in [-0.1, -0.05) is 84.9 Å². The van der Waals surface area contributed by atoms with Gasteiger partial charge >= 0.3 is 0 Å². The summed E-state index contributed by atoms with van der Waals surface area (Å²) < 4.78 is 14.8. The first-order chi connectivity index (χ1) is 21.3. The van der Waals surface area contributed by atoms with Gasteiger partial charge in [0.25, 0.3) is 0 Å². The number of hydrogen-bond donors (Lipinski definition) is 0. The van der Waals surface area contributed by atoms with Crippen molar-refractivity contribution in [1.29, 1.82) is 0 Å². The van der Waals surface area contributed by atoms with Crippen LogP contribution in [0.25, 0.3) is 96.9 Å². The molecule has 3 aromatic heterocycles. The van der Waals surface area contributed by atoms with Gasteiger partial charge in [0.05, 0.1) is 6.26 Å². The van der Waals surface area contributed by atoms with Crippen LogP contribution in [0.15, 0.2) is 142 Å². The van der Waals surface area contributed by atoms with E-state index in [0.717, 1.165) is 38.5 Å². The Bertz CT molecular complexity index is 2680. The molecule has 0 saturated carbocycles. The summed E-state index contributed by atoms with van der Waals surface area (Å²) in [4.78, 5) is 0. The van der Waals surface area contributed by atoms with E-state index in [4.69, 9.17) is 8.83 Å². The minimum Gasteiger partial charge on any atom is -0.464 e. The zero-order chi connectivity index (χ0) is 28.1. The first-order valence-corrected chi connectivity index (χ1v) is 15.3. The highest BCUT2D eigenvalue weighted by molar-refractivity contribution is 7.25. The van der Waals surface area contributed by atoms with E-state index in [1.807, 2.05) is 29.5 Å². The van der Waals surface area contributed by atoms with E-state index < -0.39 is 0 Å². The predicted molar refractivity (Wildman–Crippen MR) is 182 cm³/mol. The van der Waals surface area contributed by atoms with Crippen LogP contribution in [0.1, 0.15) is 0 Å². The molecule has 0 amide bonds. The Kier molecular flexibility index (Phi) is 4.63. The monoisotopic (exact) mass is 566 g/mol. The maximum absolute atomic E-state index is 6.45. The van der Waals surface area contributed by atoms with Gasteiger partial charge < -0.3 is 8.83 Å². The maximum Gasteiger partial charge on any atom is 0.136 e. The third-order valence-corrected chi connectivity index (χ3v) is 10.1. The van der Waals surface area contributed by atoms with Gasteiger partial charge in [0.15, 0.2) is 0 Å². The molecule has 0 radical (unpaired) electrons. The molecule has 0 saturated heterocycles. The molecule has 0 atom stereocenters. The lowest BCUT2D eigenvalue weighted by molar-refractivity contribution is 0.615. The summed E-state index contributed by atoms with van der Waals surface area (Å²) in [5.41, 5.74) is 7.58. The van der Waals surface area contributed by atoms with Gasteiger partial charge in [0.1, 0.15) is 16.7 Å². The Morgan fingerprint density at radius 3 is 1.86 bits per heavy atom. The van der Waals surface area contributed by atoms with Crippen LogP contribution in [0.5, 0.6) is 0 Å². The Hall–Kier alpha value is -5.38. The summed E-state index contributed by atoms with van der Waals surface area (Å²) in [6, 6.07) is 45.9. The second-order valence-electron chi connectivity index (χ2n) is 11.2. The summed E-state index contributed by atoms with van der Waals surface area (Å²) in [6.07, 6.45) is 1.75. The van der Waals surface area contributed by atoms with Gasteiger partial charge in [-0.2, -0.15) is 0 Å². The summed E-state index contributed by atoms with van der Waals surface area (Å²) >= 11 is 1.87. The molecule has 43 heavy (non-hydrogen) atoms. The lowest BCUT2D eigenvalue weighted by Gasteiger charge is -2.18. The van der Waals surface area contributed by atoms with E-state index in [9.17, 15) is 0 Å². The van der Waals surface area contributed by atoms with Crippen molar-refractivity contribution in [3.05, 3.63) is 134 Å². The zero-order valence-electron chi connectivity index (χ0n) is 22.9. The Balaban J connectivity index is 1.32. The van der Waals surface area contributed by atoms with Crippen LogP contribution in [0, 0.1) is 0 Å². The van der Waals surface area contributed by atoms with Crippen LogP contribution < -0.4 is 0 Å². The fourth-order valence-electron chi connectivity index (χ4n) is 7.19. The highest BCUT2D eigenvalue weighted by atomic mass is 32.1. The van der Waals surface area contributed by atoms with Crippen LogP contribution in [0.2, 0.25) is 0 Å². The smallest absolute Gasteiger partial charge is 0.136 e. The molecule has 0 spiro atoms. The second kappa shape index (κ2) is 8.57. The molecule has 7 aromatic carbocycles. The first-order valence-electron chi connectivity index (χ1n) is 14.5. The van der Waals surface area contributed by atoms with Crippen molar-refractivity contribution in [2.45, 2.75) is 0 Å². The van der Waals surface area contributed by atoms with Gasteiger partial charge in [-0.05, 0) is 86.3 Å². The number of thiophene rings is 1. The number of furan rings is 2. The topological polar surface area (TPSA) is 26.3 Å². The maximum atomic E-state index is 6.45. The summed E-state index contributed by atoms with van der Waals surface area (Å²) in [5.74, 6) is 0. The molecule has 200 valence electrons. The summed E-state index contributed by atoms with van der Waals surface area (Å²) in [7, 11) is 0. The van der Waals surface area contributed by atoms with E-state index in [2.05, 4.69) is 109 Å². The normalized spacial score (nSPS) is 12.2. The Morgan fingerprint density at radius 1 is 0.419 bits per heavy atom. The highest BCUT2D eigenvalue weighted by Gasteiger charge is 2.20. The van der Waals surface area contributed by atoms with E-state index in [1.54, 1.807) is 6.26 Å². The third kappa shape index (κ3) is 3.17. The Labute approximate surface area is 250 Å². The first kappa shape index (κ1) is 23.2. The average Bonchev–Trinajstić information content (AvgIpc) is 3.78. The molecule has 10 aromatic rings. The van der Waals surface area contributed by atoms with Gasteiger partial charge in [-0.3, -0.25) is 0 Å². The molecule has 0 bridgehead atoms. The van der Waals surface area contributed by atoms with Crippen LogP contribution in [0.3, 0.4) is 0 Å². The van der Waals surface area contributed by atoms with Crippen molar-refractivity contribution in [1.82, 2.24) is 0 Å². The average molecular weight is 567 g/mol. The molecular weight excluding hydrogens is 545 g/mol. The third-order valence-electron chi connectivity index (χ3n) is 8.96. The van der Waals surface area contributed by atoms with Gasteiger partial charge in [-0.25, -0.2) is 0 Å². The zero-order valence-corrected chi connectivity index (χ0v) is 23.7. The molecule has 2 nitrogen and oxygen atoms in total. The number of fused-ring (bicyclic) bond motifs is 10. The standard InChI is InChI=1S/C40H22O2S/c1-3-10-26-24(8-1)37(23-16-17-28-34(22-23)42-33-19-18-32-29(39(28)33)20-21-41-32)25-9-2-4-11-27(25)38(26)31-13-7-15-36-40(31)30-12-5-6-14-35(30)43-36/h1-22H. The van der Waals surface area contributed by atoms with Gasteiger partial charge in [0.2, 0.25) is 0 Å². The van der Waals surface area contributed by atoms with Crippen molar-refractivity contribution in [3.8, 4) is 22.3 Å². The van der Waals surface area contributed by atoms with Crippen molar-refractivity contribution < 1.29 is 8.83 Å². The fraction of sp³-hybridized carbons (Fsp3) is 0. The quantitative estimate of drug-likeness (QED) is 0.195. The minimum absolute atomic E-state index is 0.875. The predicted octanol–water partition coefficient (Wildman–Crippen LogP) is 12.3. The van der Waals surface area contributed by atoms with Crippen molar-refractivity contribution in [3.63, 3.8) is 0 Å². The van der Waals surface area contributed by atoms with Crippen LogP contribution >= 0.6 is 11.3 Å². The van der Waals surface area contributed by atoms with Crippen molar-refractivity contribution in [2.24, 2.45) is 0 Å². The lowest BCUT2D eigenvalue weighted by Crippen LogP contribution is -1.91. The number of rotatable bonds is 2. The highest BCUT2D eigenvalue weighted by Crippen LogP contribution is 2.48. The molecule has 0 aliphatic carbocycles. The van der Waals surface area contributed by atoms with Crippen LogP contribution in [-0.2, 0) is 0 Å². The van der Waals surface area contributed by atoms with Crippen LogP contribution in [-0.4, -0.2) is 0 Å². The van der Waals surface area contributed by atoms with E-state index in [1.165, 1.54) is 58.4 Å². The number of hydrogen-bond acceptors (Lipinski definition) is 3. The van der Waals surface area contributed by atoms with Gasteiger partial charge in [-0.15, -0.1) is 11.3 Å². The second-order valence-corrected chi connectivity index (χ2v) is 12.3. The largest absolute Gasteiger partial charge is 0.464 e. The molecule has 0 fully saturated rings. The summed E-state index contributed by atoms with van der Waals surface area (Å²) in [6.45, 7) is 0. The van der Waals surface area contributed by atoms with Crippen LogP contribution in [0.4, 0.5) is 0 Å². The van der Waals surface area contributed by atoms with E-state index in [0.29, 0.717) is 0 Å². The lowest BCUT2D eigenvalue weighted by atomic mass is 9.85. The van der Waals surface area contributed by atoms with Crippen molar-refractivity contribution in [2.75, 3.05) is 0 Å². The van der Waals surface area contributed by atoms with Gasteiger partial charge in [0, 0.05) is 36.3 Å². The molecular formula is C40H22O2S. The fourth-order valence-corrected chi connectivity index (χ4v) is 8.32. The Morgan fingerprint density at radius 2 is 1.07 bits per heavy atom. The molecule has 3 heterocycles. The van der Waals surface area contributed by atoms with E-state index in [-0.39, 0.29) is 0 Å². The molecule has 0 aliphatic heterocycles. The molecule has 10 rings (SSSR count). The molecule has 0 aliphatic rings. The van der Waals surface area contributed by atoms with Crippen molar-refractivity contribution >= 4 is 86.0 Å². The molecule has 3 heteroatoms. The summed E-state index contributed by atoms with van der Waals surface area (Å²) in [5, 5.41) is 10.9. The molecule has 0 unspecified atom stereocenters. The molecule has 0 N–H and O–H groups in total. The SMILES string of the molecule is c1ccc2c(c1)sc1cccc(-c3c4ccccc4c(-c4ccc5c(c4)oc4ccc6occc6c45)c4ccccc34)c12.